The third-order valence-corrected chi connectivity index (χ3v) is 1.95. The van der Waals surface area contributed by atoms with Gasteiger partial charge < -0.3 is 4.74 Å². The Kier molecular flexibility index (Phi) is 3.88. The fraction of sp³-hybridized carbons (Fsp3) is 0.200. The van der Waals surface area contributed by atoms with E-state index in [0.29, 0.717) is 0 Å². The largest absolute Gasteiger partial charge is 0.497 e. The van der Waals surface area contributed by atoms with Crippen molar-refractivity contribution in [2.24, 2.45) is 0 Å². The molecule has 0 fully saturated rings. The average Bonchev–Trinajstić information content (AvgIpc) is 2.15. The first-order chi connectivity index (χ1) is 5.86. The first kappa shape index (κ1) is 9.33. The molecule has 64 valence electrons. The summed E-state index contributed by atoms with van der Waals surface area (Å²) in [6, 6.07) is 8.06. The number of halogens is 1. The molecule has 0 heterocycles. The van der Waals surface area contributed by atoms with E-state index in [0.717, 1.165) is 12.2 Å². The van der Waals surface area contributed by atoms with Gasteiger partial charge in [0.2, 0.25) is 0 Å². The molecule has 0 aromatic heterocycles. The van der Waals surface area contributed by atoms with Crippen LogP contribution in [0.15, 0.2) is 35.3 Å². The van der Waals surface area contributed by atoms with Gasteiger partial charge in [-0.2, -0.15) is 0 Å². The highest BCUT2D eigenvalue weighted by atomic mass is 79.9. The lowest BCUT2D eigenvalue weighted by atomic mass is 10.1. The van der Waals surface area contributed by atoms with E-state index < -0.39 is 0 Å². The molecule has 0 saturated carbocycles. The standard InChI is InChI=1S/C10H11BrO/c1-12-10-6-2-4-9(8-10)5-3-7-11/h2-4,6-8H,5H2,1H3/b7-3+. The first-order valence-electron chi connectivity index (χ1n) is 3.75. The van der Waals surface area contributed by atoms with Crippen molar-refractivity contribution in [2.45, 2.75) is 6.42 Å². The van der Waals surface area contributed by atoms with E-state index >= 15 is 0 Å². The molecule has 1 rings (SSSR count). The van der Waals surface area contributed by atoms with Crippen LogP contribution in [0.3, 0.4) is 0 Å². The number of hydrogen-bond donors (Lipinski definition) is 0. The van der Waals surface area contributed by atoms with Crippen molar-refractivity contribution < 1.29 is 4.74 Å². The number of hydrogen-bond acceptors (Lipinski definition) is 1. The van der Waals surface area contributed by atoms with Crippen molar-refractivity contribution in [3.05, 3.63) is 40.9 Å². The lowest BCUT2D eigenvalue weighted by molar-refractivity contribution is 0.414. The van der Waals surface area contributed by atoms with Crippen LogP contribution < -0.4 is 4.74 Å². The molecule has 2 heteroatoms. The Bertz CT molecular complexity index is 268. The fourth-order valence-electron chi connectivity index (χ4n) is 0.980. The van der Waals surface area contributed by atoms with Gasteiger partial charge in [-0.15, -0.1) is 0 Å². The topological polar surface area (TPSA) is 9.23 Å². The Morgan fingerprint density at radius 2 is 2.33 bits per heavy atom. The molecule has 12 heavy (non-hydrogen) atoms. The van der Waals surface area contributed by atoms with Crippen LogP contribution in [0.2, 0.25) is 0 Å². The number of methoxy groups -OCH3 is 1. The highest BCUT2D eigenvalue weighted by molar-refractivity contribution is 9.11. The van der Waals surface area contributed by atoms with Crippen LogP contribution >= 0.6 is 15.9 Å². The molecule has 1 aromatic rings. The SMILES string of the molecule is COc1cccc(C/C=C/Br)c1. The van der Waals surface area contributed by atoms with Crippen LogP contribution in [0, 0.1) is 0 Å². The zero-order valence-electron chi connectivity index (χ0n) is 6.96. The van der Waals surface area contributed by atoms with Gasteiger partial charge in [0, 0.05) is 0 Å². The van der Waals surface area contributed by atoms with Crippen LogP contribution in [0.1, 0.15) is 5.56 Å². The van der Waals surface area contributed by atoms with Crippen LogP contribution in [0.5, 0.6) is 5.75 Å². The maximum absolute atomic E-state index is 5.10. The van der Waals surface area contributed by atoms with E-state index in [1.807, 2.05) is 23.2 Å². The molecule has 0 aliphatic rings. The second-order valence-electron chi connectivity index (χ2n) is 2.42. The Morgan fingerprint density at radius 1 is 1.50 bits per heavy atom. The van der Waals surface area contributed by atoms with Gasteiger partial charge in [-0.05, 0) is 29.1 Å². The smallest absolute Gasteiger partial charge is 0.119 e. The number of allylic oxidation sites excluding steroid dienone is 1. The summed E-state index contributed by atoms with van der Waals surface area (Å²) in [7, 11) is 1.68. The minimum Gasteiger partial charge on any atom is -0.497 e. The van der Waals surface area contributed by atoms with Gasteiger partial charge in [-0.3, -0.25) is 0 Å². The summed E-state index contributed by atoms with van der Waals surface area (Å²) in [5.41, 5.74) is 1.25. The van der Waals surface area contributed by atoms with Crippen molar-refractivity contribution in [3.8, 4) is 5.75 Å². The van der Waals surface area contributed by atoms with E-state index in [4.69, 9.17) is 4.74 Å². The molecule has 0 N–H and O–H groups in total. The van der Waals surface area contributed by atoms with Crippen molar-refractivity contribution in [3.63, 3.8) is 0 Å². The summed E-state index contributed by atoms with van der Waals surface area (Å²) in [5, 5.41) is 0. The summed E-state index contributed by atoms with van der Waals surface area (Å²) < 4.78 is 5.10. The molecule has 0 aliphatic heterocycles. The summed E-state index contributed by atoms with van der Waals surface area (Å²) >= 11 is 3.23. The van der Waals surface area contributed by atoms with E-state index in [1.165, 1.54) is 5.56 Å². The summed E-state index contributed by atoms with van der Waals surface area (Å²) in [5.74, 6) is 0.912. The summed E-state index contributed by atoms with van der Waals surface area (Å²) in [4.78, 5) is 1.87. The Labute approximate surface area is 81.2 Å². The molecular weight excluding hydrogens is 216 g/mol. The minimum absolute atomic E-state index is 0.912. The molecule has 0 radical (unpaired) electrons. The van der Waals surface area contributed by atoms with E-state index in [2.05, 4.69) is 28.1 Å². The summed E-state index contributed by atoms with van der Waals surface area (Å²) in [6.07, 6.45) is 2.98. The van der Waals surface area contributed by atoms with Crippen LogP contribution in [0.4, 0.5) is 0 Å². The van der Waals surface area contributed by atoms with E-state index in [-0.39, 0.29) is 0 Å². The zero-order chi connectivity index (χ0) is 8.81. The summed E-state index contributed by atoms with van der Waals surface area (Å²) in [6.45, 7) is 0. The fourth-order valence-corrected chi connectivity index (χ4v) is 1.17. The second-order valence-corrected chi connectivity index (χ2v) is 2.95. The lowest BCUT2D eigenvalue weighted by Crippen LogP contribution is -1.85. The second kappa shape index (κ2) is 4.99. The molecule has 1 aromatic carbocycles. The average molecular weight is 227 g/mol. The van der Waals surface area contributed by atoms with Gasteiger partial charge in [-0.25, -0.2) is 0 Å². The number of benzene rings is 1. The highest BCUT2D eigenvalue weighted by Gasteiger charge is 1.92. The Balaban J connectivity index is 2.72. The molecule has 1 nitrogen and oxygen atoms in total. The molecule has 0 bridgehead atoms. The lowest BCUT2D eigenvalue weighted by Gasteiger charge is -2.00. The van der Waals surface area contributed by atoms with Crippen molar-refractivity contribution in [1.82, 2.24) is 0 Å². The third-order valence-electron chi connectivity index (χ3n) is 1.58. The van der Waals surface area contributed by atoms with Gasteiger partial charge in [0.15, 0.2) is 0 Å². The Hall–Kier alpha value is -0.760. The normalized spacial score (nSPS) is 10.5. The minimum atomic E-state index is 0.912. The van der Waals surface area contributed by atoms with Gasteiger partial charge in [0.05, 0.1) is 7.11 Å². The monoisotopic (exact) mass is 226 g/mol. The maximum atomic E-state index is 5.10. The zero-order valence-corrected chi connectivity index (χ0v) is 8.54. The van der Waals surface area contributed by atoms with Crippen LogP contribution in [0.25, 0.3) is 0 Å². The van der Waals surface area contributed by atoms with E-state index in [9.17, 15) is 0 Å². The van der Waals surface area contributed by atoms with Gasteiger partial charge in [0.25, 0.3) is 0 Å². The van der Waals surface area contributed by atoms with Gasteiger partial charge >= 0.3 is 0 Å². The van der Waals surface area contributed by atoms with Crippen molar-refractivity contribution in [2.75, 3.05) is 7.11 Å². The molecular formula is C10H11BrO. The molecule has 0 saturated heterocycles. The number of ether oxygens (including phenoxy) is 1. The van der Waals surface area contributed by atoms with Crippen LogP contribution in [-0.4, -0.2) is 7.11 Å². The molecule has 0 amide bonds. The predicted molar refractivity (Wildman–Crippen MR) is 54.8 cm³/mol. The molecule has 0 aliphatic carbocycles. The first-order valence-corrected chi connectivity index (χ1v) is 4.66. The number of rotatable bonds is 3. The van der Waals surface area contributed by atoms with Gasteiger partial charge in [-0.1, -0.05) is 34.1 Å². The highest BCUT2D eigenvalue weighted by Crippen LogP contribution is 2.13. The van der Waals surface area contributed by atoms with Crippen molar-refractivity contribution in [1.29, 1.82) is 0 Å². The third kappa shape index (κ3) is 2.70. The van der Waals surface area contributed by atoms with Crippen molar-refractivity contribution >= 4 is 15.9 Å². The van der Waals surface area contributed by atoms with Gasteiger partial charge in [0.1, 0.15) is 5.75 Å². The van der Waals surface area contributed by atoms with E-state index in [1.54, 1.807) is 7.11 Å². The molecule has 0 spiro atoms. The molecule has 0 unspecified atom stereocenters. The maximum Gasteiger partial charge on any atom is 0.119 e. The quantitative estimate of drug-likeness (QED) is 0.770. The Morgan fingerprint density at radius 3 is 3.00 bits per heavy atom. The predicted octanol–water partition coefficient (Wildman–Crippen LogP) is 3.15. The molecule has 0 atom stereocenters. The van der Waals surface area contributed by atoms with Crippen LogP contribution in [-0.2, 0) is 6.42 Å².